The van der Waals surface area contributed by atoms with Gasteiger partial charge in [-0.2, -0.15) is 0 Å². The van der Waals surface area contributed by atoms with Gasteiger partial charge in [-0.15, -0.1) is 0 Å². The number of carbonyl (C=O) groups is 3. The number of hydrogen-bond acceptors (Lipinski definition) is 4. The van der Waals surface area contributed by atoms with Gasteiger partial charge in [0.25, 0.3) is 0 Å². The lowest BCUT2D eigenvalue weighted by atomic mass is 10.1. The van der Waals surface area contributed by atoms with Crippen LogP contribution in [0.2, 0.25) is 0 Å². The van der Waals surface area contributed by atoms with Gasteiger partial charge in [0.15, 0.2) is 0 Å². The molecule has 24 heavy (non-hydrogen) atoms. The van der Waals surface area contributed by atoms with Gasteiger partial charge in [0.1, 0.15) is 0 Å². The van der Waals surface area contributed by atoms with E-state index in [1.54, 1.807) is 29.2 Å². The number of rotatable bonds is 3. The Kier molecular flexibility index (Phi) is 4.95. The Bertz CT molecular complexity index is 625. The lowest BCUT2D eigenvalue weighted by molar-refractivity contribution is -0.134. The molecule has 0 saturated carbocycles. The lowest BCUT2D eigenvalue weighted by Crippen LogP contribution is -2.41. The van der Waals surface area contributed by atoms with Crippen molar-refractivity contribution in [2.24, 2.45) is 0 Å². The number of anilines is 1. The lowest BCUT2D eigenvalue weighted by Gasteiger charge is -2.26. The van der Waals surface area contributed by atoms with Crippen molar-refractivity contribution in [1.29, 1.82) is 0 Å². The highest BCUT2D eigenvalue weighted by Gasteiger charge is 2.26. The molecule has 1 aromatic carbocycles. The third-order valence-corrected chi connectivity index (χ3v) is 4.03. The van der Waals surface area contributed by atoms with E-state index in [9.17, 15) is 14.4 Å². The largest absolute Gasteiger partial charge is 0.378 e. The Labute approximate surface area is 139 Å². The van der Waals surface area contributed by atoms with Crippen molar-refractivity contribution in [2.75, 3.05) is 44.7 Å². The summed E-state index contributed by atoms with van der Waals surface area (Å²) in [4.78, 5) is 38.5. The smallest absolute Gasteiger partial charge is 0.330 e. The number of hydrogen-bond donors (Lipinski definition) is 2. The maximum Gasteiger partial charge on any atom is 0.330 e. The van der Waals surface area contributed by atoms with Crippen molar-refractivity contribution in [2.45, 2.75) is 6.42 Å². The van der Waals surface area contributed by atoms with E-state index < -0.39 is 6.03 Å². The Hall–Kier alpha value is -2.61. The normalized spacial score (nSPS) is 17.6. The summed E-state index contributed by atoms with van der Waals surface area (Å²) in [5, 5.41) is 5.25. The molecular weight excluding hydrogens is 312 g/mol. The quantitative estimate of drug-likeness (QED) is 0.850. The molecule has 2 fully saturated rings. The van der Waals surface area contributed by atoms with Crippen molar-refractivity contribution in [3.63, 3.8) is 0 Å². The SMILES string of the molecule is O=C(Cc1ccc(NC(=O)N2CCNC2=O)cc1)N1CCOCC1. The summed E-state index contributed by atoms with van der Waals surface area (Å²) in [6, 6.07) is 6.22. The average molecular weight is 332 g/mol. The number of carbonyl (C=O) groups excluding carboxylic acids is 3. The fourth-order valence-electron chi connectivity index (χ4n) is 2.66. The maximum atomic E-state index is 12.2. The van der Waals surface area contributed by atoms with Crippen LogP contribution in [0, 0.1) is 0 Å². The number of imide groups is 1. The summed E-state index contributed by atoms with van der Waals surface area (Å²) in [5.41, 5.74) is 1.46. The molecule has 5 amide bonds. The third-order valence-electron chi connectivity index (χ3n) is 4.03. The van der Waals surface area contributed by atoms with Gasteiger partial charge >= 0.3 is 12.1 Å². The highest BCUT2D eigenvalue weighted by atomic mass is 16.5. The highest BCUT2D eigenvalue weighted by molar-refractivity contribution is 6.01. The molecule has 3 rings (SSSR count). The molecule has 2 heterocycles. The van der Waals surface area contributed by atoms with E-state index in [4.69, 9.17) is 4.74 Å². The van der Waals surface area contributed by atoms with Gasteiger partial charge in [-0.1, -0.05) is 12.1 Å². The van der Waals surface area contributed by atoms with E-state index in [2.05, 4.69) is 10.6 Å². The van der Waals surface area contributed by atoms with Crippen LogP contribution in [-0.2, 0) is 16.0 Å². The monoisotopic (exact) mass is 332 g/mol. The molecule has 128 valence electrons. The predicted octanol–water partition coefficient (Wildman–Crippen LogP) is 0.645. The number of ether oxygens (including phenoxy) is 1. The number of morpholine rings is 1. The summed E-state index contributed by atoms with van der Waals surface area (Å²) < 4.78 is 5.24. The van der Waals surface area contributed by atoms with Crippen LogP contribution >= 0.6 is 0 Å². The van der Waals surface area contributed by atoms with Crippen LogP contribution in [0.25, 0.3) is 0 Å². The molecule has 0 radical (unpaired) electrons. The standard InChI is InChI=1S/C16H20N4O4/c21-14(19-7-9-24-10-8-19)11-12-1-3-13(4-2-12)18-16(23)20-6-5-17-15(20)22/h1-4H,5-11H2,(H,17,22)(H,18,23). The molecule has 0 spiro atoms. The number of nitrogens with one attached hydrogen (secondary N) is 2. The summed E-state index contributed by atoms with van der Waals surface area (Å²) in [5.74, 6) is 0.0730. The first-order valence-corrected chi connectivity index (χ1v) is 7.94. The minimum absolute atomic E-state index is 0.0730. The number of nitrogens with zero attached hydrogens (tertiary/aromatic N) is 2. The zero-order valence-electron chi connectivity index (χ0n) is 13.3. The summed E-state index contributed by atoms with van der Waals surface area (Å²) in [6.07, 6.45) is 0.322. The fraction of sp³-hybridized carbons (Fsp3) is 0.438. The van der Waals surface area contributed by atoms with Crippen LogP contribution in [0.4, 0.5) is 15.3 Å². The van der Waals surface area contributed by atoms with E-state index in [0.717, 1.165) is 10.5 Å². The van der Waals surface area contributed by atoms with Gasteiger partial charge in [0.2, 0.25) is 5.91 Å². The average Bonchev–Trinajstić information content (AvgIpc) is 3.03. The zero-order valence-corrected chi connectivity index (χ0v) is 13.3. The van der Waals surface area contributed by atoms with Gasteiger partial charge in [-0.3, -0.25) is 4.79 Å². The highest BCUT2D eigenvalue weighted by Crippen LogP contribution is 2.13. The van der Waals surface area contributed by atoms with E-state index in [1.165, 1.54) is 0 Å². The first kappa shape index (κ1) is 16.3. The van der Waals surface area contributed by atoms with Crippen molar-refractivity contribution in [3.8, 4) is 0 Å². The Morgan fingerprint density at radius 2 is 1.83 bits per heavy atom. The molecular formula is C16H20N4O4. The van der Waals surface area contributed by atoms with Crippen LogP contribution in [0.3, 0.4) is 0 Å². The van der Waals surface area contributed by atoms with E-state index in [0.29, 0.717) is 51.5 Å². The summed E-state index contributed by atoms with van der Waals surface area (Å²) >= 11 is 0. The maximum absolute atomic E-state index is 12.2. The van der Waals surface area contributed by atoms with Crippen LogP contribution in [-0.4, -0.2) is 67.2 Å². The second-order valence-corrected chi connectivity index (χ2v) is 5.68. The van der Waals surface area contributed by atoms with Crippen LogP contribution < -0.4 is 10.6 Å². The Morgan fingerprint density at radius 1 is 1.12 bits per heavy atom. The molecule has 2 aliphatic rings. The van der Waals surface area contributed by atoms with Crippen molar-refractivity contribution < 1.29 is 19.1 Å². The van der Waals surface area contributed by atoms with Gasteiger partial charge in [-0.05, 0) is 17.7 Å². The second kappa shape index (κ2) is 7.31. The number of urea groups is 2. The van der Waals surface area contributed by atoms with Crippen molar-refractivity contribution in [1.82, 2.24) is 15.1 Å². The van der Waals surface area contributed by atoms with Gasteiger partial charge in [-0.25, -0.2) is 14.5 Å². The zero-order chi connectivity index (χ0) is 16.9. The van der Waals surface area contributed by atoms with Crippen molar-refractivity contribution in [3.05, 3.63) is 29.8 Å². The van der Waals surface area contributed by atoms with E-state index >= 15 is 0 Å². The van der Waals surface area contributed by atoms with Crippen LogP contribution in [0.5, 0.6) is 0 Å². The predicted molar refractivity (Wildman–Crippen MR) is 86.7 cm³/mol. The molecule has 0 bridgehead atoms. The van der Waals surface area contributed by atoms with E-state index in [1.807, 2.05) is 0 Å². The van der Waals surface area contributed by atoms with Crippen molar-refractivity contribution >= 4 is 23.7 Å². The first-order chi connectivity index (χ1) is 11.6. The molecule has 8 nitrogen and oxygen atoms in total. The van der Waals surface area contributed by atoms with E-state index in [-0.39, 0.29) is 11.9 Å². The minimum atomic E-state index is -0.456. The fourth-order valence-corrected chi connectivity index (χ4v) is 2.66. The molecule has 0 aliphatic carbocycles. The van der Waals surface area contributed by atoms with Gasteiger partial charge in [0, 0.05) is 31.9 Å². The minimum Gasteiger partial charge on any atom is -0.378 e. The molecule has 0 unspecified atom stereocenters. The number of benzene rings is 1. The molecule has 2 saturated heterocycles. The summed E-state index contributed by atoms with van der Waals surface area (Å²) in [6.45, 7) is 3.25. The third kappa shape index (κ3) is 3.83. The van der Waals surface area contributed by atoms with Gasteiger partial charge < -0.3 is 20.3 Å². The van der Waals surface area contributed by atoms with Crippen LogP contribution in [0.15, 0.2) is 24.3 Å². The first-order valence-electron chi connectivity index (χ1n) is 7.94. The number of amides is 5. The summed E-state index contributed by atoms with van der Waals surface area (Å²) in [7, 11) is 0. The topological polar surface area (TPSA) is 91.0 Å². The Morgan fingerprint density at radius 3 is 2.46 bits per heavy atom. The molecule has 0 aromatic heterocycles. The molecule has 2 N–H and O–H groups in total. The molecule has 8 heteroatoms. The second-order valence-electron chi connectivity index (χ2n) is 5.68. The molecule has 0 atom stereocenters. The molecule has 2 aliphatic heterocycles. The Balaban J connectivity index is 1.54. The van der Waals surface area contributed by atoms with Crippen LogP contribution in [0.1, 0.15) is 5.56 Å². The molecule has 1 aromatic rings. The van der Waals surface area contributed by atoms with Gasteiger partial charge in [0.05, 0.1) is 19.6 Å².